The number of fused-ring (bicyclic) bond motifs is 1. The van der Waals surface area contributed by atoms with Gasteiger partial charge in [-0.15, -0.1) is 10.2 Å². The van der Waals surface area contributed by atoms with Crippen molar-refractivity contribution in [1.82, 2.24) is 34.6 Å². The number of rotatable bonds is 4. The molecule has 8 heteroatoms. The van der Waals surface area contributed by atoms with Crippen molar-refractivity contribution in [2.24, 2.45) is 0 Å². The largest absolute Gasteiger partial charge is 0.272 e. The van der Waals surface area contributed by atoms with Gasteiger partial charge in [0.25, 0.3) is 0 Å². The van der Waals surface area contributed by atoms with E-state index in [2.05, 4.69) is 33.4 Å². The lowest BCUT2D eigenvalue weighted by atomic mass is 10.2. The Bertz CT molecular complexity index is 951. The first kappa shape index (κ1) is 14.0. The van der Waals surface area contributed by atoms with E-state index in [4.69, 9.17) is 5.10 Å². The van der Waals surface area contributed by atoms with Crippen molar-refractivity contribution in [3.63, 3.8) is 0 Å². The van der Waals surface area contributed by atoms with Gasteiger partial charge in [-0.25, -0.2) is 0 Å². The Kier molecular flexibility index (Phi) is 3.38. The van der Waals surface area contributed by atoms with Crippen LogP contribution < -0.4 is 0 Å². The van der Waals surface area contributed by atoms with E-state index in [0.717, 1.165) is 45.6 Å². The number of aryl methyl sites for hydroxylation is 2. The highest BCUT2D eigenvalue weighted by Crippen LogP contribution is 2.29. The molecule has 4 aromatic heterocycles. The molecule has 0 radical (unpaired) electrons. The third kappa shape index (κ3) is 2.40. The van der Waals surface area contributed by atoms with Crippen molar-refractivity contribution in [1.29, 1.82) is 0 Å². The fourth-order valence-corrected chi connectivity index (χ4v) is 3.38. The van der Waals surface area contributed by atoms with E-state index < -0.39 is 0 Å². The third-order valence-corrected chi connectivity index (χ3v) is 4.49. The molecule has 0 atom stereocenters. The normalized spacial score (nSPS) is 11.4. The average molecular weight is 325 g/mol. The Morgan fingerprint density at radius 3 is 2.74 bits per heavy atom. The van der Waals surface area contributed by atoms with Crippen molar-refractivity contribution in [3.8, 4) is 22.0 Å². The first-order valence-electron chi connectivity index (χ1n) is 7.43. The summed E-state index contributed by atoms with van der Waals surface area (Å²) in [7, 11) is 0. The molecular formula is C15H15N7S. The van der Waals surface area contributed by atoms with Gasteiger partial charge in [-0.05, 0) is 25.5 Å². The lowest BCUT2D eigenvalue weighted by molar-refractivity contribution is 0.598. The smallest absolute Gasteiger partial charge is 0.235 e. The molecule has 0 aromatic carbocycles. The van der Waals surface area contributed by atoms with Crippen LogP contribution >= 0.6 is 11.3 Å². The summed E-state index contributed by atoms with van der Waals surface area (Å²) in [6.07, 6.45) is 6.58. The third-order valence-electron chi connectivity index (χ3n) is 3.56. The van der Waals surface area contributed by atoms with Crippen LogP contribution in [0.25, 0.3) is 26.9 Å². The lowest BCUT2D eigenvalue weighted by Crippen LogP contribution is -1.96. The summed E-state index contributed by atoms with van der Waals surface area (Å²) < 4.78 is 3.75. The van der Waals surface area contributed by atoms with Gasteiger partial charge < -0.3 is 0 Å². The van der Waals surface area contributed by atoms with Crippen LogP contribution in [0.1, 0.15) is 19.0 Å². The van der Waals surface area contributed by atoms with Gasteiger partial charge in [-0.1, -0.05) is 18.3 Å². The monoisotopic (exact) mass is 325 g/mol. The summed E-state index contributed by atoms with van der Waals surface area (Å²) in [6.45, 7) is 5.06. The Labute approximate surface area is 136 Å². The van der Waals surface area contributed by atoms with Crippen LogP contribution in [0, 0.1) is 6.92 Å². The molecule has 4 heterocycles. The summed E-state index contributed by atoms with van der Waals surface area (Å²) in [6, 6.07) is 3.81. The zero-order valence-electron chi connectivity index (χ0n) is 12.8. The van der Waals surface area contributed by atoms with Crippen molar-refractivity contribution < 1.29 is 0 Å². The molecule has 0 saturated carbocycles. The summed E-state index contributed by atoms with van der Waals surface area (Å²) in [5.74, 6) is 0.725. The van der Waals surface area contributed by atoms with Crippen LogP contribution in [0.3, 0.4) is 0 Å². The molecule has 0 aliphatic rings. The van der Waals surface area contributed by atoms with E-state index >= 15 is 0 Å². The second kappa shape index (κ2) is 5.54. The van der Waals surface area contributed by atoms with Crippen molar-refractivity contribution >= 4 is 16.3 Å². The van der Waals surface area contributed by atoms with E-state index in [9.17, 15) is 0 Å². The maximum Gasteiger partial charge on any atom is 0.235 e. The van der Waals surface area contributed by atoms with E-state index in [1.165, 1.54) is 11.3 Å². The first-order chi connectivity index (χ1) is 11.3. The van der Waals surface area contributed by atoms with Crippen molar-refractivity contribution in [2.45, 2.75) is 26.8 Å². The van der Waals surface area contributed by atoms with Crippen LogP contribution in [0.4, 0.5) is 0 Å². The van der Waals surface area contributed by atoms with E-state index in [-0.39, 0.29) is 0 Å². The van der Waals surface area contributed by atoms with Gasteiger partial charge in [0.15, 0.2) is 10.8 Å². The summed E-state index contributed by atoms with van der Waals surface area (Å²) in [5, 5.41) is 18.6. The van der Waals surface area contributed by atoms with Crippen LogP contribution in [-0.2, 0) is 6.54 Å². The summed E-state index contributed by atoms with van der Waals surface area (Å²) in [4.78, 5) is 4.81. The average Bonchev–Trinajstić information content (AvgIpc) is 3.22. The standard InChI is InChI=1S/C15H15N7S/c1-3-8-21-9-12(10(2)19-21)14-20-22-13(17-18-15(22)23-14)11-4-6-16-7-5-11/h4-7,9H,3,8H2,1-2H3. The van der Waals surface area contributed by atoms with E-state index in [1.807, 2.05) is 23.7 Å². The minimum atomic E-state index is 0.725. The Morgan fingerprint density at radius 1 is 1.13 bits per heavy atom. The maximum atomic E-state index is 4.69. The second-order valence-corrected chi connectivity index (χ2v) is 6.21. The molecule has 4 rings (SSSR count). The molecule has 0 spiro atoms. The molecule has 4 aromatic rings. The highest BCUT2D eigenvalue weighted by Gasteiger charge is 2.17. The van der Waals surface area contributed by atoms with E-state index in [0.29, 0.717) is 0 Å². The highest BCUT2D eigenvalue weighted by molar-refractivity contribution is 7.19. The summed E-state index contributed by atoms with van der Waals surface area (Å²) >= 11 is 1.52. The molecule has 0 saturated heterocycles. The highest BCUT2D eigenvalue weighted by atomic mass is 32.1. The van der Waals surface area contributed by atoms with Crippen LogP contribution in [0.15, 0.2) is 30.7 Å². The number of hydrogen-bond acceptors (Lipinski definition) is 6. The van der Waals surface area contributed by atoms with Gasteiger partial charge in [0, 0.05) is 30.7 Å². The minimum absolute atomic E-state index is 0.725. The predicted molar refractivity (Wildman–Crippen MR) is 88.1 cm³/mol. The Balaban J connectivity index is 1.80. The molecule has 116 valence electrons. The minimum Gasteiger partial charge on any atom is -0.272 e. The number of pyridine rings is 1. The number of nitrogens with zero attached hydrogens (tertiary/aromatic N) is 7. The number of hydrogen-bond donors (Lipinski definition) is 0. The molecule has 7 nitrogen and oxygen atoms in total. The van der Waals surface area contributed by atoms with Gasteiger partial charge in [-0.2, -0.15) is 14.7 Å². The Morgan fingerprint density at radius 2 is 1.96 bits per heavy atom. The topological polar surface area (TPSA) is 73.8 Å². The van der Waals surface area contributed by atoms with Gasteiger partial charge in [-0.3, -0.25) is 9.67 Å². The lowest BCUT2D eigenvalue weighted by Gasteiger charge is -1.95. The van der Waals surface area contributed by atoms with Gasteiger partial charge in [0.05, 0.1) is 11.3 Å². The molecule has 0 fully saturated rings. The SMILES string of the molecule is CCCn1cc(-c2nn3c(-c4ccncc4)nnc3s2)c(C)n1. The van der Waals surface area contributed by atoms with Crippen molar-refractivity contribution in [2.75, 3.05) is 0 Å². The molecule has 0 amide bonds. The second-order valence-electron chi connectivity index (χ2n) is 5.25. The quantitative estimate of drug-likeness (QED) is 0.577. The van der Waals surface area contributed by atoms with Crippen LogP contribution in [0.2, 0.25) is 0 Å². The predicted octanol–water partition coefficient (Wildman–Crippen LogP) is 2.83. The molecule has 0 bridgehead atoms. The molecular weight excluding hydrogens is 310 g/mol. The molecule has 0 N–H and O–H groups in total. The molecule has 0 aliphatic heterocycles. The zero-order valence-corrected chi connectivity index (χ0v) is 13.7. The first-order valence-corrected chi connectivity index (χ1v) is 8.25. The molecule has 0 aliphatic carbocycles. The molecule has 23 heavy (non-hydrogen) atoms. The van der Waals surface area contributed by atoms with Gasteiger partial charge in [0.2, 0.25) is 4.96 Å². The number of aromatic nitrogens is 7. The van der Waals surface area contributed by atoms with Gasteiger partial charge >= 0.3 is 0 Å². The zero-order chi connectivity index (χ0) is 15.8. The van der Waals surface area contributed by atoms with E-state index in [1.54, 1.807) is 16.9 Å². The fraction of sp³-hybridized carbons (Fsp3) is 0.267. The Hall–Kier alpha value is -2.61. The maximum absolute atomic E-state index is 4.69. The van der Waals surface area contributed by atoms with Crippen molar-refractivity contribution in [3.05, 3.63) is 36.4 Å². The summed E-state index contributed by atoms with van der Waals surface area (Å²) in [5.41, 5.74) is 2.98. The molecule has 0 unspecified atom stereocenters. The van der Waals surface area contributed by atoms with Crippen LogP contribution in [-0.4, -0.2) is 34.6 Å². The van der Waals surface area contributed by atoms with Gasteiger partial charge in [0.1, 0.15) is 0 Å². The fourth-order valence-electron chi connectivity index (χ4n) is 2.48. The van der Waals surface area contributed by atoms with Crippen LogP contribution in [0.5, 0.6) is 0 Å².